The van der Waals surface area contributed by atoms with Gasteiger partial charge in [0.25, 0.3) is 11.8 Å². The summed E-state index contributed by atoms with van der Waals surface area (Å²) >= 11 is 5.90. The molecule has 1 aliphatic heterocycles. The van der Waals surface area contributed by atoms with Crippen molar-refractivity contribution in [1.29, 1.82) is 0 Å². The van der Waals surface area contributed by atoms with E-state index >= 15 is 0 Å². The van der Waals surface area contributed by atoms with Crippen LogP contribution < -0.4 is 0 Å². The normalized spacial score (nSPS) is 16.8. The molecule has 0 radical (unpaired) electrons. The van der Waals surface area contributed by atoms with Gasteiger partial charge in [0.2, 0.25) is 0 Å². The second-order valence-electron chi connectivity index (χ2n) is 5.52. The van der Waals surface area contributed by atoms with Crippen LogP contribution >= 0.6 is 11.6 Å². The quantitative estimate of drug-likeness (QED) is 0.632. The first-order valence-electron chi connectivity index (χ1n) is 7.54. The SMILES string of the molecule is C/C(=C1\OCC(=O)N(Cc2ccccc2)C1=O)c1ccc(Cl)cc1. The average molecular weight is 342 g/mol. The Morgan fingerprint density at radius 2 is 1.75 bits per heavy atom. The van der Waals surface area contributed by atoms with Crippen LogP contribution in [0.15, 0.2) is 60.4 Å². The van der Waals surface area contributed by atoms with Gasteiger partial charge in [-0.2, -0.15) is 0 Å². The third-order valence-corrected chi connectivity index (χ3v) is 4.13. The van der Waals surface area contributed by atoms with Crippen molar-refractivity contribution in [2.45, 2.75) is 13.5 Å². The van der Waals surface area contributed by atoms with E-state index in [1.165, 1.54) is 4.90 Å². The van der Waals surface area contributed by atoms with E-state index in [-0.39, 0.29) is 24.8 Å². The highest BCUT2D eigenvalue weighted by Gasteiger charge is 2.33. The van der Waals surface area contributed by atoms with Crippen molar-refractivity contribution >= 4 is 29.0 Å². The van der Waals surface area contributed by atoms with Crippen molar-refractivity contribution in [2.75, 3.05) is 6.61 Å². The number of rotatable bonds is 3. The number of halogens is 1. The van der Waals surface area contributed by atoms with Crippen molar-refractivity contribution in [1.82, 2.24) is 4.90 Å². The highest BCUT2D eigenvalue weighted by molar-refractivity contribution is 6.30. The van der Waals surface area contributed by atoms with Crippen LogP contribution in [0.1, 0.15) is 18.1 Å². The summed E-state index contributed by atoms with van der Waals surface area (Å²) in [5.41, 5.74) is 2.41. The molecule has 122 valence electrons. The Kier molecular flexibility index (Phi) is 4.67. The van der Waals surface area contributed by atoms with E-state index in [1.54, 1.807) is 19.1 Å². The zero-order valence-electron chi connectivity index (χ0n) is 13.2. The molecule has 3 rings (SSSR count). The molecule has 4 nitrogen and oxygen atoms in total. The van der Waals surface area contributed by atoms with E-state index in [0.717, 1.165) is 11.1 Å². The predicted molar refractivity (Wildman–Crippen MR) is 92.0 cm³/mol. The van der Waals surface area contributed by atoms with Crippen LogP contribution in [0.2, 0.25) is 5.02 Å². The summed E-state index contributed by atoms with van der Waals surface area (Å²) in [5, 5.41) is 0.619. The number of hydrogen-bond acceptors (Lipinski definition) is 3. The number of benzene rings is 2. The third kappa shape index (κ3) is 3.34. The monoisotopic (exact) mass is 341 g/mol. The molecule has 0 saturated carbocycles. The number of carbonyl (C=O) groups excluding carboxylic acids is 2. The van der Waals surface area contributed by atoms with Gasteiger partial charge in [0.1, 0.15) is 0 Å². The number of carbonyl (C=O) groups is 2. The summed E-state index contributed by atoms with van der Waals surface area (Å²) in [7, 11) is 0. The molecule has 5 heteroatoms. The van der Waals surface area contributed by atoms with Gasteiger partial charge in [-0.3, -0.25) is 14.5 Å². The summed E-state index contributed by atoms with van der Waals surface area (Å²) in [4.78, 5) is 26.0. The molecule has 1 saturated heterocycles. The molecule has 0 N–H and O–H groups in total. The maximum Gasteiger partial charge on any atom is 0.296 e. The molecular formula is C19H16ClNO3. The van der Waals surface area contributed by atoms with Crippen molar-refractivity contribution in [3.05, 3.63) is 76.5 Å². The van der Waals surface area contributed by atoms with Gasteiger partial charge in [-0.1, -0.05) is 54.1 Å². The standard InChI is InChI=1S/C19H16ClNO3/c1-13(15-7-9-16(20)10-8-15)18-19(23)21(17(22)12-24-18)11-14-5-3-2-4-6-14/h2-10H,11-12H2,1H3/b18-13+. The van der Waals surface area contributed by atoms with Crippen LogP contribution in [0.3, 0.4) is 0 Å². The smallest absolute Gasteiger partial charge is 0.296 e. The fourth-order valence-corrected chi connectivity index (χ4v) is 2.66. The third-order valence-electron chi connectivity index (χ3n) is 3.88. The second-order valence-corrected chi connectivity index (χ2v) is 5.96. The average Bonchev–Trinajstić information content (AvgIpc) is 2.60. The number of ether oxygens (including phenoxy) is 1. The summed E-state index contributed by atoms with van der Waals surface area (Å²) < 4.78 is 5.42. The molecule has 0 unspecified atom stereocenters. The van der Waals surface area contributed by atoms with E-state index in [0.29, 0.717) is 10.6 Å². The van der Waals surface area contributed by atoms with Crippen molar-refractivity contribution in [3.8, 4) is 0 Å². The summed E-state index contributed by atoms with van der Waals surface area (Å²) in [6.45, 7) is 1.89. The van der Waals surface area contributed by atoms with E-state index in [2.05, 4.69) is 0 Å². The van der Waals surface area contributed by atoms with E-state index in [1.807, 2.05) is 42.5 Å². The Morgan fingerprint density at radius 3 is 2.42 bits per heavy atom. The van der Waals surface area contributed by atoms with Crippen LogP contribution in [-0.4, -0.2) is 23.3 Å². The molecule has 1 fully saturated rings. The largest absolute Gasteiger partial charge is 0.478 e. The molecule has 0 spiro atoms. The van der Waals surface area contributed by atoms with Crippen molar-refractivity contribution in [2.24, 2.45) is 0 Å². The van der Waals surface area contributed by atoms with Crippen molar-refractivity contribution in [3.63, 3.8) is 0 Å². The van der Waals surface area contributed by atoms with Crippen LogP contribution in [0.25, 0.3) is 5.57 Å². The lowest BCUT2D eigenvalue weighted by atomic mass is 10.0. The van der Waals surface area contributed by atoms with Gasteiger partial charge in [-0.25, -0.2) is 0 Å². The maximum atomic E-state index is 12.7. The maximum absolute atomic E-state index is 12.7. The fourth-order valence-electron chi connectivity index (χ4n) is 2.54. The van der Waals surface area contributed by atoms with Gasteiger partial charge < -0.3 is 4.74 Å². The van der Waals surface area contributed by atoms with Gasteiger partial charge >= 0.3 is 0 Å². The minimum Gasteiger partial charge on any atom is -0.478 e. The molecule has 1 heterocycles. The molecule has 0 aliphatic carbocycles. The molecule has 24 heavy (non-hydrogen) atoms. The first-order valence-corrected chi connectivity index (χ1v) is 7.92. The fraction of sp³-hybridized carbons (Fsp3) is 0.158. The topological polar surface area (TPSA) is 46.6 Å². The molecule has 2 aromatic rings. The highest BCUT2D eigenvalue weighted by atomic mass is 35.5. The number of morpholine rings is 1. The molecule has 2 aromatic carbocycles. The second kappa shape index (κ2) is 6.89. The summed E-state index contributed by atoms with van der Waals surface area (Å²) in [6.07, 6.45) is 0. The van der Waals surface area contributed by atoms with Crippen LogP contribution in [0, 0.1) is 0 Å². The van der Waals surface area contributed by atoms with Crippen molar-refractivity contribution < 1.29 is 14.3 Å². The Labute approximate surface area is 145 Å². The molecule has 1 aliphatic rings. The molecule has 0 aromatic heterocycles. The lowest BCUT2D eigenvalue weighted by molar-refractivity contribution is -0.153. The molecule has 0 atom stereocenters. The van der Waals surface area contributed by atoms with Gasteiger partial charge in [0.05, 0.1) is 6.54 Å². The Hall–Kier alpha value is -2.59. The van der Waals surface area contributed by atoms with Crippen LogP contribution in [-0.2, 0) is 20.9 Å². The zero-order chi connectivity index (χ0) is 17.1. The van der Waals surface area contributed by atoms with E-state index in [4.69, 9.17) is 16.3 Å². The van der Waals surface area contributed by atoms with E-state index < -0.39 is 5.91 Å². The Morgan fingerprint density at radius 1 is 1.08 bits per heavy atom. The number of imide groups is 1. The Balaban J connectivity index is 1.90. The number of nitrogens with zero attached hydrogens (tertiary/aromatic N) is 1. The van der Waals surface area contributed by atoms with Gasteiger partial charge in [-0.05, 0) is 30.2 Å². The van der Waals surface area contributed by atoms with Gasteiger partial charge in [0.15, 0.2) is 12.4 Å². The highest BCUT2D eigenvalue weighted by Crippen LogP contribution is 2.25. The van der Waals surface area contributed by atoms with E-state index in [9.17, 15) is 9.59 Å². The van der Waals surface area contributed by atoms with Gasteiger partial charge in [0, 0.05) is 10.6 Å². The molecular weight excluding hydrogens is 326 g/mol. The molecule has 0 bridgehead atoms. The predicted octanol–water partition coefficient (Wildman–Crippen LogP) is 3.66. The van der Waals surface area contributed by atoms with Crippen LogP contribution in [0.5, 0.6) is 0 Å². The number of allylic oxidation sites excluding steroid dienone is 1. The lowest BCUT2D eigenvalue weighted by Gasteiger charge is -2.28. The lowest BCUT2D eigenvalue weighted by Crippen LogP contribution is -2.44. The number of amides is 2. The summed E-state index contributed by atoms with van der Waals surface area (Å²) in [6, 6.07) is 16.5. The van der Waals surface area contributed by atoms with Crippen LogP contribution in [0.4, 0.5) is 0 Å². The minimum absolute atomic E-state index is 0.140. The first kappa shape index (κ1) is 16.3. The summed E-state index contributed by atoms with van der Waals surface area (Å²) in [5.74, 6) is -0.549. The zero-order valence-corrected chi connectivity index (χ0v) is 13.9. The minimum atomic E-state index is -0.414. The molecule has 2 amide bonds. The first-order chi connectivity index (χ1) is 11.6. The van der Waals surface area contributed by atoms with Gasteiger partial charge in [-0.15, -0.1) is 0 Å². The Bertz CT molecular complexity index is 797. The number of hydrogen-bond donors (Lipinski definition) is 0.